The molecule has 0 radical (unpaired) electrons. The van der Waals surface area contributed by atoms with E-state index in [2.05, 4.69) is 16.0 Å². The van der Waals surface area contributed by atoms with Crippen molar-refractivity contribution in [2.24, 2.45) is 0 Å². The van der Waals surface area contributed by atoms with Gasteiger partial charge in [-0.3, -0.25) is 10.1 Å². The molecule has 5 heteroatoms. The van der Waals surface area contributed by atoms with E-state index < -0.39 is 6.03 Å². The number of carbonyl (C=O) groups excluding carboxylic acids is 2. The van der Waals surface area contributed by atoms with Crippen LogP contribution in [0.5, 0.6) is 0 Å². The Morgan fingerprint density at radius 1 is 1.15 bits per heavy atom. The van der Waals surface area contributed by atoms with Gasteiger partial charge in [0, 0.05) is 11.6 Å². The maximum absolute atomic E-state index is 11.6. The number of amides is 3. The summed E-state index contributed by atoms with van der Waals surface area (Å²) in [5, 5.41) is 8.04. The predicted molar refractivity (Wildman–Crippen MR) is 79.3 cm³/mol. The zero-order chi connectivity index (χ0) is 15.2. The highest BCUT2D eigenvalue weighted by molar-refractivity contribution is 5.95. The highest BCUT2D eigenvalue weighted by Gasteiger charge is 2.15. The summed E-state index contributed by atoms with van der Waals surface area (Å²) in [5.41, 5.74) is 0.731. The average Bonchev–Trinajstić information content (AvgIpc) is 2.34. The van der Waals surface area contributed by atoms with E-state index in [1.807, 2.05) is 58.0 Å². The molecule has 1 rings (SSSR count). The first-order chi connectivity index (χ1) is 9.28. The highest BCUT2D eigenvalue weighted by Crippen LogP contribution is 2.10. The second-order valence-corrected chi connectivity index (χ2v) is 5.77. The molecular weight excluding hydrogens is 254 g/mol. The Bertz CT molecular complexity index is 452. The minimum absolute atomic E-state index is 0.0487. The molecule has 1 atom stereocenters. The van der Waals surface area contributed by atoms with Gasteiger partial charge in [0.15, 0.2) is 0 Å². The fraction of sp³-hybridized carbons (Fsp3) is 0.467. The molecule has 0 aromatic heterocycles. The van der Waals surface area contributed by atoms with E-state index in [9.17, 15) is 9.59 Å². The van der Waals surface area contributed by atoms with E-state index in [1.54, 1.807) is 0 Å². The molecule has 0 bridgehead atoms. The molecule has 0 spiro atoms. The van der Waals surface area contributed by atoms with Crippen LogP contribution in [0.2, 0.25) is 0 Å². The molecule has 3 amide bonds. The number of nitrogens with one attached hydrogen (secondary N) is 3. The lowest BCUT2D eigenvalue weighted by atomic mass is 10.1. The molecule has 1 aromatic rings. The first-order valence-corrected chi connectivity index (χ1v) is 6.68. The van der Waals surface area contributed by atoms with Gasteiger partial charge in [-0.2, -0.15) is 0 Å². The third-order valence-corrected chi connectivity index (χ3v) is 2.61. The fourth-order valence-corrected chi connectivity index (χ4v) is 1.65. The summed E-state index contributed by atoms with van der Waals surface area (Å²) < 4.78 is 0. The SMILES string of the molecule is C[C@@H](NCC(=O)NC(=O)NC(C)(C)C)c1ccccc1. The van der Waals surface area contributed by atoms with Crippen molar-refractivity contribution in [3.05, 3.63) is 35.9 Å². The minimum atomic E-state index is -0.475. The molecule has 0 aliphatic carbocycles. The summed E-state index contributed by atoms with van der Waals surface area (Å²) in [6.07, 6.45) is 0. The number of urea groups is 1. The molecule has 5 nitrogen and oxygen atoms in total. The van der Waals surface area contributed by atoms with Gasteiger partial charge in [-0.1, -0.05) is 30.3 Å². The number of hydrogen-bond acceptors (Lipinski definition) is 3. The van der Waals surface area contributed by atoms with Crippen molar-refractivity contribution in [1.82, 2.24) is 16.0 Å². The van der Waals surface area contributed by atoms with E-state index in [4.69, 9.17) is 0 Å². The molecule has 0 saturated heterocycles. The quantitative estimate of drug-likeness (QED) is 0.788. The van der Waals surface area contributed by atoms with Crippen LogP contribution in [0, 0.1) is 0 Å². The van der Waals surface area contributed by atoms with Crippen molar-refractivity contribution in [2.45, 2.75) is 39.3 Å². The van der Waals surface area contributed by atoms with E-state index in [0.717, 1.165) is 5.56 Å². The summed E-state index contributed by atoms with van der Waals surface area (Å²) in [4.78, 5) is 23.2. The van der Waals surface area contributed by atoms with Gasteiger partial charge in [-0.15, -0.1) is 0 Å². The van der Waals surface area contributed by atoms with E-state index in [1.165, 1.54) is 0 Å². The summed E-state index contributed by atoms with van der Waals surface area (Å²) >= 11 is 0. The molecule has 110 valence electrons. The van der Waals surface area contributed by atoms with Crippen LogP contribution in [0.15, 0.2) is 30.3 Å². The molecule has 0 heterocycles. The van der Waals surface area contributed by atoms with Crippen LogP contribution < -0.4 is 16.0 Å². The van der Waals surface area contributed by atoms with Gasteiger partial charge in [0.1, 0.15) is 0 Å². The summed E-state index contributed by atoms with van der Waals surface area (Å²) in [6.45, 7) is 7.62. The minimum Gasteiger partial charge on any atom is -0.333 e. The van der Waals surface area contributed by atoms with Crippen molar-refractivity contribution in [3.8, 4) is 0 Å². The number of imide groups is 1. The van der Waals surface area contributed by atoms with Gasteiger partial charge in [0.05, 0.1) is 6.54 Å². The number of rotatable bonds is 4. The predicted octanol–water partition coefficient (Wildman–Crippen LogP) is 1.96. The van der Waals surface area contributed by atoms with Crippen LogP contribution in [-0.2, 0) is 4.79 Å². The van der Waals surface area contributed by atoms with Crippen molar-refractivity contribution in [1.29, 1.82) is 0 Å². The van der Waals surface area contributed by atoms with Crippen LogP contribution in [0.1, 0.15) is 39.3 Å². The highest BCUT2D eigenvalue weighted by atomic mass is 16.2. The zero-order valence-corrected chi connectivity index (χ0v) is 12.5. The monoisotopic (exact) mass is 277 g/mol. The van der Waals surface area contributed by atoms with E-state index >= 15 is 0 Å². The van der Waals surface area contributed by atoms with Gasteiger partial charge in [0.25, 0.3) is 0 Å². The van der Waals surface area contributed by atoms with Gasteiger partial charge in [0.2, 0.25) is 5.91 Å². The zero-order valence-electron chi connectivity index (χ0n) is 12.5. The van der Waals surface area contributed by atoms with Crippen LogP contribution in [0.25, 0.3) is 0 Å². The molecule has 0 fully saturated rings. The second-order valence-electron chi connectivity index (χ2n) is 5.77. The van der Waals surface area contributed by atoms with Crippen molar-refractivity contribution >= 4 is 11.9 Å². The lowest BCUT2D eigenvalue weighted by Crippen LogP contribution is -2.50. The van der Waals surface area contributed by atoms with Crippen molar-refractivity contribution < 1.29 is 9.59 Å². The summed E-state index contributed by atoms with van der Waals surface area (Å²) in [6, 6.07) is 9.39. The Balaban J connectivity index is 2.35. The molecule has 0 aliphatic heterocycles. The van der Waals surface area contributed by atoms with Gasteiger partial charge < -0.3 is 10.6 Å². The Labute approximate surface area is 120 Å². The Hall–Kier alpha value is -1.88. The molecule has 20 heavy (non-hydrogen) atoms. The van der Waals surface area contributed by atoms with E-state index in [0.29, 0.717) is 0 Å². The lowest BCUT2D eigenvalue weighted by Gasteiger charge is -2.20. The molecule has 0 unspecified atom stereocenters. The number of hydrogen-bond donors (Lipinski definition) is 3. The molecular formula is C15H23N3O2. The fourth-order valence-electron chi connectivity index (χ4n) is 1.65. The van der Waals surface area contributed by atoms with Crippen molar-refractivity contribution in [2.75, 3.05) is 6.54 Å². The van der Waals surface area contributed by atoms with Gasteiger partial charge in [-0.05, 0) is 33.3 Å². The topological polar surface area (TPSA) is 70.2 Å². The van der Waals surface area contributed by atoms with Crippen LogP contribution in [0.4, 0.5) is 4.79 Å². The standard InChI is InChI=1S/C15H23N3O2/c1-11(12-8-6-5-7-9-12)16-10-13(19)17-14(20)18-15(2,3)4/h5-9,11,16H,10H2,1-4H3,(H2,17,18,19,20)/t11-/m1/s1. The van der Waals surface area contributed by atoms with Crippen LogP contribution in [-0.4, -0.2) is 24.0 Å². The Kier molecular flexibility index (Phi) is 5.70. The molecule has 0 aliphatic rings. The average molecular weight is 277 g/mol. The first-order valence-electron chi connectivity index (χ1n) is 6.68. The Morgan fingerprint density at radius 2 is 1.75 bits per heavy atom. The number of carbonyl (C=O) groups is 2. The van der Waals surface area contributed by atoms with Gasteiger partial charge >= 0.3 is 6.03 Å². The third kappa shape index (κ3) is 6.33. The van der Waals surface area contributed by atoms with Gasteiger partial charge in [-0.25, -0.2) is 4.79 Å². The molecule has 1 aromatic carbocycles. The largest absolute Gasteiger partial charge is 0.333 e. The third-order valence-electron chi connectivity index (χ3n) is 2.61. The molecule has 3 N–H and O–H groups in total. The maximum Gasteiger partial charge on any atom is 0.321 e. The van der Waals surface area contributed by atoms with Crippen LogP contribution >= 0.6 is 0 Å². The first kappa shape index (κ1) is 16.2. The van der Waals surface area contributed by atoms with Crippen molar-refractivity contribution in [3.63, 3.8) is 0 Å². The summed E-state index contributed by atoms with van der Waals surface area (Å²) in [7, 11) is 0. The lowest BCUT2D eigenvalue weighted by molar-refractivity contribution is -0.119. The molecule has 0 saturated carbocycles. The Morgan fingerprint density at radius 3 is 2.30 bits per heavy atom. The van der Waals surface area contributed by atoms with E-state index in [-0.39, 0.29) is 24.0 Å². The normalized spacial score (nSPS) is 12.6. The second kappa shape index (κ2) is 7.05. The maximum atomic E-state index is 11.6. The smallest absolute Gasteiger partial charge is 0.321 e. The van der Waals surface area contributed by atoms with Crippen LogP contribution in [0.3, 0.4) is 0 Å². The number of benzene rings is 1. The summed E-state index contributed by atoms with van der Waals surface area (Å²) in [5.74, 6) is -0.352.